The second kappa shape index (κ2) is 30.9. The molecule has 3 aromatic heterocycles. The van der Waals surface area contributed by atoms with Gasteiger partial charge in [0.05, 0.1) is 86.1 Å². The Morgan fingerprint density at radius 3 is 1.09 bits per heavy atom. The number of carbonyl (C=O) groups excluding carboxylic acids is 3. The lowest BCUT2D eigenvalue weighted by Crippen LogP contribution is -2.36. The quantitative estimate of drug-likeness (QED) is 0.0359. The van der Waals surface area contributed by atoms with Gasteiger partial charge in [0.1, 0.15) is 0 Å². The average Bonchev–Trinajstić information content (AvgIpc) is 1.68. The van der Waals surface area contributed by atoms with E-state index in [2.05, 4.69) is 71.3 Å². The highest BCUT2D eigenvalue weighted by atomic mass is 32.2. The number of hydrogen-bond donors (Lipinski definition) is 3. The van der Waals surface area contributed by atoms with Crippen LogP contribution in [0, 0.1) is 60.7 Å². The van der Waals surface area contributed by atoms with E-state index in [-0.39, 0.29) is 53.8 Å². The smallest absolute Gasteiger partial charge is 0.178 e. The molecule has 16 nitrogen and oxygen atoms in total. The van der Waals surface area contributed by atoms with E-state index in [1.165, 1.54) is 18.6 Å². The monoisotopic (exact) mass is 1290 g/mol. The molecule has 6 unspecified atom stereocenters. The Balaban J connectivity index is 0.000000143. The number of aromatic nitrogens is 3. The van der Waals surface area contributed by atoms with E-state index in [0.717, 1.165) is 183 Å². The molecule has 490 valence electrons. The molecule has 6 aromatic rings. The first-order chi connectivity index (χ1) is 45.1. The van der Waals surface area contributed by atoms with Crippen molar-refractivity contribution < 1.29 is 34.4 Å². The van der Waals surface area contributed by atoms with Crippen LogP contribution in [0.15, 0.2) is 91.0 Å². The number of ether oxygens (including phenoxy) is 1. The summed E-state index contributed by atoms with van der Waals surface area (Å²) in [6, 6.07) is 36.8. The van der Waals surface area contributed by atoms with E-state index in [0.29, 0.717) is 60.4 Å². The first-order valence-electron chi connectivity index (χ1n) is 33.7. The molecule has 0 aliphatic carbocycles. The number of unbranched alkanes of at least 4 members (excludes halogenated alkanes) is 3. The number of carbonyl (C=O) groups is 3. The summed E-state index contributed by atoms with van der Waals surface area (Å²) in [6.07, 6.45) is 20.4. The molecule has 9 atom stereocenters. The maximum atomic E-state index is 13.4. The van der Waals surface area contributed by atoms with Crippen LogP contribution in [0.2, 0.25) is 0 Å². The van der Waals surface area contributed by atoms with Crippen LogP contribution in [0.1, 0.15) is 172 Å². The van der Waals surface area contributed by atoms with E-state index >= 15 is 0 Å². The van der Waals surface area contributed by atoms with Gasteiger partial charge in [0.25, 0.3) is 0 Å². The Bertz CT molecular complexity index is 3740. The Morgan fingerprint density at radius 2 is 0.796 bits per heavy atom. The summed E-state index contributed by atoms with van der Waals surface area (Å²) in [6.45, 7) is 8.71. The first-order valence-corrected chi connectivity index (χ1v) is 36.5. The van der Waals surface area contributed by atoms with Crippen molar-refractivity contribution in [1.82, 2.24) is 28.4 Å². The summed E-state index contributed by atoms with van der Waals surface area (Å²) in [7, 11) is 0. The van der Waals surface area contributed by atoms with Crippen molar-refractivity contribution >= 4 is 40.9 Å². The van der Waals surface area contributed by atoms with E-state index in [4.69, 9.17) is 20.5 Å². The summed E-state index contributed by atoms with van der Waals surface area (Å²) >= 11 is 3.74. The van der Waals surface area contributed by atoms with Gasteiger partial charge in [-0.2, -0.15) is 39.3 Å². The highest BCUT2D eigenvalue weighted by Gasteiger charge is 2.48. The molecule has 0 radical (unpaired) electrons. The molecule has 7 fully saturated rings. The Hall–Kier alpha value is -6.60. The fourth-order valence-electron chi connectivity index (χ4n) is 16.2. The second-order valence-electron chi connectivity index (χ2n) is 26.8. The highest BCUT2D eigenvalue weighted by molar-refractivity contribution is 7.98. The van der Waals surface area contributed by atoms with Crippen LogP contribution in [0.4, 0.5) is 0 Å². The number of benzene rings is 3. The third-order valence-corrected chi connectivity index (χ3v) is 22.5. The number of Topliss-reactive ketones (excluding diaryl/α,β-unsaturated/α-hetero) is 3. The van der Waals surface area contributed by atoms with E-state index < -0.39 is 0 Å². The largest absolute Gasteiger partial charge is 0.391 e. The Kier molecular flexibility index (Phi) is 22.5. The number of thioether (sulfide) groups is 2. The maximum Gasteiger partial charge on any atom is 0.178 e. The van der Waals surface area contributed by atoms with Crippen LogP contribution in [0.3, 0.4) is 0 Å². The molecule has 10 heterocycles. The summed E-state index contributed by atoms with van der Waals surface area (Å²) < 4.78 is 11.9. The summed E-state index contributed by atoms with van der Waals surface area (Å²) in [5.41, 5.74) is 13.5. The fourth-order valence-corrected chi connectivity index (χ4v) is 17.2. The number of nitrogens with zero attached hydrogens (tertiary/aromatic N) is 9. The topological polar surface area (TPSA) is 217 Å². The molecule has 7 aliphatic heterocycles. The molecular weight excluding hydrogens is 1200 g/mol. The highest BCUT2D eigenvalue weighted by Crippen LogP contribution is 2.41. The Morgan fingerprint density at radius 1 is 0.473 bits per heavy atom. The minimum atomic E-state index is -0.296. The van der Waals surface area contributed by atoms with E-state index in [9.17, 15) is 29.7 Å². The number of nitriles is 3. The molecular formula is C75H91N9O7S2. The van der Waals surface area contributed by atoms with Gasteiger partial charge in [0, 0.05) is 110 Å². The van der Waals surface area contributed by atoms with Gasteiger partial charge in [0.2, 0.25) is 0 Å². The average molecular weight is 1290 g/mol. The third kappa shape index (κ3) is 14.9. The van der Waals surface area contributed by atoms with E-state index in [1.54, 1.807) is 0 Å². The van der Waals surface area contributed by atoms with Crippen LogP contribution in [0.5, 0.6) is 0 Å². The van der Waals surface area contributed by atoms with Gasteiger partial charge in [-0.05, 0) is 239 Å². The third-order valence-electron chi connectivity index (χ3n) is 21.1. The lowest BCUT2D eigenvalue weighted by atomic mass is 9.98. The minimum absolute atomic E-state index is 0.122. The van der Waals surface area contributed by atoms with Gasteiger partial charge in [-0.25, -0.2) is 0 Å². The number of aliphatic hydroxyl groups is 3. The van der Waals surface area contributed by atoms with Crippen molar-refractivity contribution in [3.63, 3.8) is 0 Å². The molecule has 18 heteroatoms. The van der Waals surface area contributed by atoms with Crippen molar-refractivity contribution in [1.29, 1.82) is 15.8 Å². The summed E-state index contributed by atoms with van der Waals surface area (Å²) in [5.74, 6) is 3.21. The van der Waals surface area contributed by atoms with Gasteiger partial charge >= 0.3 is 0 Å². The Labute approximate surface area is 557 Å². The predicted octanol–water partition coefficient (Wildman–Crippen LogP) is 11.3. The molecule has 0 spiro atoms. The number of aliphatic hydroxyl groups excluding tert-OH is 3. The van der Waals surface area contributed by atoms with Crippen molar-refractivity contribution in [3.8, 4) is 35.3 Å². The minimum Gasteiger partial charge on any atom is -0.391 e. The normalized spacial score (nSPS) is 23.6. The van der Waals surface area contributed by atoms with Gasteiger partial charge in [-0.1, -0.05) is 6.42 Å². The number of fused-ring (bicyclic) bond motifs is 6. The SMILES string of the molecule is CSCCCCCc1cc(C(=O)CN2C3CCC2[C@@H](O)C3)c(C)n1-c1ccc(C#N)cc1.CSCCCCc1cc(C(=O)CN2C3CCC2[C@@H](O)C3)c(C)n1-c1ccc(C#N)cc1.Cc1c(C(=O)CN2C3CCC2[C@@H](O)C3)cc(CC2COC2)n1-c1ccc(C#N)cc1. The van der Waals surface area contributed by atoms with E-state index in [1.807, 2.05) is 123 Å². The van der Waals surface area contributed by atoms with Gasteiger partial charge in [-0.3, -0.25) is 29.1 Å². The number of hydrogen-bond acceptors (Lipinski definition) is 15. The van der Waals surface area contributed by atoms with Crippen molar-refractivity contribution in [2.75, 3.05) is 56.9 Å². The molecule has 93 heavy (non-hydrogen) atoms. The number of ketones is 3. The zero-order valence-corrected chi connectivity index (χ0v) is 56.4. The lowest BCUT2D eigenvalue weighted by molar-refractivity contribution is -0.0318. The predicted molar refractivity (Wildman–Crippen MR) is 366 cm³/mol. The van der Waals surface area contributed by atoms with Crippen LogP contribution >= 0.6 is 23.5 Å². The van der Waals surface area contributed by atoms with Gasteiger partial charge in [0.15, 0.2) is 17.3 Å². The van der Waals surface area contributed by atoms with Crippen LogP contribution < -0.4 is 0 Å². The summed E-state index contributed by atoms with van der Waals surface area (Å²) in [5, 5.41) is 58.1. The van der Waals surface area contributed by atoms with Crippen LogP contribution in [0.25, 0.3) is 17.1 Å². The zero-order chi connectivity index (χ0) is 65.4. The molecule has 6 bridgehead atoms. The molecule has 7 saturated heterocycles. The lowest BCUT2D eigenvalue weighted by Gasteiger charge is -2.26. The molecule has 7 aliphatic rings. The van der Waals surface area contributed by atoms with Crippen molar-refractivity contribution in [2.24, 2.45) is 5.92 Å². The standard InChI is InChI=1S/C26H33N3O2S.C25H31N3O2S.C24H27N3O3/c1-18-23(26(31)17-28-21-11-12-24(28)25(30)15-21)14-22(6-4-3-5-13-32-2)29(18)20-9-7-19(16-27)8-10-20;1-17-22(25(30)16-27-20-10-11-23(27)24(29)14-20)13-21(5-3-4-12-31-2)28(17)19-8-6-18(15-26)7-9-19;1-15-21(24(29)12-26-19-6-7-22(26)23(28)10-19)9-20(8-17-13-30-14-17)27(15)18-4-2-16(11-25)3-5-18/h7-10,14,21,24-25,30H,3-6,11-13,15,17H2,1-2H3;6-9,13,20,23-24,29H,3-5,10-12,14,16H2,1-2H3;2-5,9,17,19,22-23,28H,6-8,10,12-14H2,1H3/t21?,24?,25-;20?,23?,24-;19?,22?,23-/m000/s1. The van der Waals surface area contributed by atoms with Crippen LogP contribution in [-0.2, 0) is 24.0 Å². The second-order valence-corrected chi connectivity index (χ2v) is 28.8. The molecule has 13 rings (SSSR count). The zero-order valence-electron chi connectivity index (χ0n) is 54.7. The van der Waals surface area contributed by atoms with Crippen molar-refractivity contribution in [2.45, 2.75) is 184 Å². The molecule has 3 N–H and O–H groups in total. The van der Waals surface area contributed by atoms with Gasteiger partial charge in [-0.15, -0.1) is 0 Å². The van der Waals surface area contributed by atoms with Crippen molar-refractivity contribution in [3.05, 3.63) is 159 Å². The molecule has 0 amide bonds. The fraction of sp³-hybridized carbons (Fsp3) is 0.520. The maximum absolute atomic E-state index is 13.4. The van der Waals surface area contributed by atoms with Gasteiger partial charge < -0.3 is 33.8 Å². The number of aryl methyl sites for hydroxylation is 2. The molecule has 0 saturated carbocycles. The number of rotatable bonds is 25. The summed E-state index contributed by atoms with van der Waals surface area (Å²) in [4.78, 5) is 46.7. The molecule has 3 aromatic carbocycles. The van der Waals surface area contributed by atoms with Crippen LogP contribution in [-0.4, -0.2) is 172 Å². The first kappa shape index (κ1) is 67.8.